The lowest BCUT2D eigenvalue weighted by molar-refractivity contribution is -0.135. The van der Waals surface area contributed by atoms with Crippen LogP contribution in [0.25, 0.3) is 10.9 Å². The number of nitrogens with one attached hydrogen (secondary N) is 1. The number of rotatable bonds is 4. The number of hydrogen-bond donors (Lipinski definition) is 1. The molecule has 0 radical (unpaired) electrons. The Kier molecular flexibility index (Phi) is 4.43. The lowest BCUT2D eigenvalue weighted by Gasteiger charge is -2.26. The molecule has 28 heavy (non-hydrogen) atoms. The third-order valence-electron chi connectivity index (χ3n) is 4.93. The van der Waals surface area contributed by atoms with E-state index in [9.17, 15) is 9.59 Å². The first kappa shape index (κ1) is 17.9. The van der Waals surface area contributed by atoms with E-state index in [-0.39, 0.29) is 12.0 Å². The number of carbonyl (C=O) groups excluding carboxylic acids is 1. The van der Waals surface area contributed by atoms with E-state index >= 15 is 0 Å². The van der Waals surface area contributed by atoms with E-state index in [0.29, 0.717) is 45.0 Å². The van der Waals surface area contributed by atoms with Crippen LogP contribution >= 0.6 is 0 Å². The van der Waals surface area contributed by atoms with Crippen LogP contribution in [0, 0.1) is 0 Å². The first-order chi connectivity index (χ1) is 13.6. The molecule has 1 atom stereocenters. The van der Waals surface area contributed by atoms with Crippen LogP contribution in [0.3, 0.4) is 0 Å². The molecule has 0 saturated carbocycles. The molecule has 2 heterocycles. The van der Waals surface area contributed by atoms with Gasteiger partial charge in [0, 0.05) is 11.3 Å². The smallest absolute Gasteiger partial charge is 0.312 e. The van der Waals surface area contributed by atoms with E-state index in [2.05, 4.69) is 4.98 Å². The van der Waals surface area contributed by atoms with Crippen LogP contribution in [0.1, 0.15) is 23.5 Å². The van der Waals surface area contributed by atoms with Crippen LogP contribution < -0.4 is 24.5 Å². The fourth-order valence-electron chi connectivity index (χ4n) is 3.67. The second-order valence-corrected chi connectivity index (χ2v) is 6.43. The molecule has 7 nitrogen and oxygen atoms in total. The molecule has 144 valence electrons. The van der Waals surface area contributed by atoms with Gasteiger partial charge in [-0.1, -0.05) is 12.1 Å². The molecule has 0 fully saturated rings. The number of fused-ring (bicyclic) bond motifs is 3. The maximum Gasteiger partial charge on any atom is 0.312 e. The molecule has 2 aromatic carbocycles. The van der Waals surface area contributed by atoms with E-state index in [1.165, 1.54) is 21.3 Å². The molecule has 1 aliphatic heterocycles. The number of para-hydroxylation sites is 1. The van der Waals surface area contributed by atoms with Crippen molar-refractivity contribution in [1.82, 2.24) is 4.98 Å². The van der Waals surface area contributed by atoms with Gasteiger partial charge in [-0.2, -0.15) is 0 Å². The number of pyridine rings is 1. The van der Waals surface area contributed by atoms with Gasteiger partial charge in [-0.05, 0) is 29.8 Å². The van der Waals surface area contributed by atoms with Crippen molar-refractivity contribution in [2.75, 3.05) is 21.3 Å². The Labute approximate surface area is 160 Å². The van der Waals surface area contributed by atoms with Gasteiger partial charge in [-0.15, -0.1) is 0 Å². The number of benzene rings is 2. The highest BCUT2D eigenvalue weighted by molar-refractivity contribution is 5.91. The molecule has 3 aromatic rings. The predicted molar refractivity (Wildman–Crippen MR) is 103 cm³/mol. The summed E-state index contributed by atoms with van der Waals surface area (Å²) in [6.45, 7) is 0. The van der Waals surface area contributed by atoms with Crippen molar-refractivity contribution in [3.8, 4) is 23.0 Å². The Morgan fingerprint density at radius 3 is 2.32 bits per heavy atom. The monoisotopic (exact) mass is 381 g/mol. The normalized spacial score (nSPS) is 15.7. The number of esters is 1. The predicted octanol–water partition coefficient (Wildman–Crippen LogP) is 2.99. The fraction of sp³-hybridized carbons (Fsp3) is 0.238. The third kappa shape index (κ3) is 2.76. The number of carbonyl (C=O) groups is 1. The summed E-state index contributed by atoms with van der Waals surface area (Å²) in [5.41, 5.74) is 1.44. The van der Waals surface area contributed by atoms with Gasteiger partial charge in [0.2, 0.25) is 5.75 Å². The summed E-state index contributed by atoms with van der Waals surface area (Å²) < 4.78 is 21.7. The first-order valence-electron chi connectivity index (χ1n) is 8.72. The Morgan fingerprint density at radius 1 is 1.00 bits per heavy atom. The maximum atomic E-state index is 12.9. The lowest BCUT2D eigenvalue weighted by atomic mass is 9.86. The molecular formula is C21H19NO6. The zero-order valence-electron chi connectivity index (χ0n) is 15.7. The highest BCUT2D eigenvalue weighted by Crippen LogP contribution is 2.45. The lowest BCUT2D eigenvalue weighted by Crippen LogP contribution is -2.28. The number of hydrogen-bond acceptors (Lipinski definition) is 6. The third-order valence-corrected chi connectivity index (χ3v) is 4.93. The van der Waals surface area contributed by atoms with Gasteiger partial charge >= 0.3 is 5.97 Å². The molecule has 1 N–H and O–H groups in total. The van der Waals surface area contributed by atoms with E-state index in [1.807, 2.05) is 18.2 Å². The van der Waals surface area contributed by atoms with Crippen molar-refractivity contribution < 1.29 is 23.7 Å². The second kappa shape index (κ2) is 6.92. The van der Waals surface area contributed by atoms with Gasteiger partial charge in [0.15, 0.2) is 11.5 Å². The number of aromatic amines is 1. The van der Waals surface area contributed by atoms with Gasteiger partial charge in [0.25, 0.3) is 5.56 Å². The molecule has 0 amide bonds. The summed E-state index contributed by atoms with van der Waals surface area (Å²) in [5.74, 6) is 0.749. The van der Waals surface area contributed by atoms with E-state index in [4.69, 9.17) is 18.9 Å². The Morgan fingerprint density at radius 2 is 1.68 bits per heavy atom. The molecule has 7 heteroatoms. The average Bonchev–Trinajstić information content (AvgIpc) is 2.71. The van der Waals surface area contributed by atoms with Crippen LogP contribution in [0.2, 0.25) is 0 Å². The number of ether oxygens (including phenoxy) is 4. The fourth-order valence-corrected chi connectivity index (χ4v) is 3.67. The Balaban J connectivity index is 1.98. The number of aromatic nitrogens is 1. The summed E-state index contributed by atoms with van der Waals surface area (Å²) in [5, 5.41) is 0.683. The van der Waals surface area contributed by atoms with Crippen LogP contribution in [-0.4, -0.2) is 32.3 Å². The molecule has 0 spiro atoms. The highest BCUT2D eigenvalue weighted by atomic mass is 16.5. The van der Waals surface area contributed by atoms with Gasteiger partial charge < -0.3 is 23.9 Å². The zero-order valence-corrected chi connectivity index (χ0v) is 15.7. The van der Waals surface area contributed by atoms with Gasteiger partial charge in [0.05, 0.1) is 38.8 Å². The topological polar surface area (TPSA) is 86.9 Å². The first-order valence-corrected chi connectivity index (χ1v) is 8.72. The highest BCUT2D eigenvalue weighted by Gasteiger charge is 2.34. The summed E-state index contributed by atoms with van der Waals surface area (Å²) >= 11 is 0. The Hall–Kier alpha value is -3.48. The molecular weight excluding hydrogens is 362 g/mol. The molecule has 0 bridgehead atoms. The minimum absolute atomic E-state index is 0.0348. The second-order valence-electron chi connectivity index (χ2n) is 6.43. The average molecular weight is 381 g/mol. The van der Waals surface area contributed by atoms with Crippen molar-refractivity contribution >= 4 is 16.9 Å². The van der Waals surface area contributed by atoms with Crippen LogP contribution in [-0.2, 0) is 4.79 Å². The molecule has 1 aromatic heterocycles. The van der Waals surface area contributed by atoms with E-state index in [1.54, 1.807) is 18.2 Å². The van der Waals surface area contributed by atoms with Crippen molar-refractivity contribution in [3.05, 3.63) is 57.9 Å². The zero-order chi connectivity index (χ0) is 19.8. The van der Waals surface area contributed by atoms with Crippen LogP contribution in [0.4, 0.5) is 0 Å². The SMILES string of the molecule is COc1cc([C@H]2CC(=O)Oc3c2c(=O)[nH]c2ccccc32)cc(OC)c1OC. The van der Waals surface area contributed by atoms with Crippen molar-refractivity contribution in [3.63, 3.8) is 0 Å². The van der Waals surface area contributed by atoms with Crippen molar-refractivity contribution in [2.45, 2.75) is 12.3 Å². The minimum Gasteiger partial charge on any atom is -0.493 e. The van der Waals surface area contributed by atoms with Crippen LogP contribution in [0.15, 0.2) is 41.2 Å². The van der Waals surface area contributed by atoms with Crippen molar-refractivity contribution in [1.29, 1.82) is 0 Å². The summed E-state index contributed by atoms with van der Waals surface area (Å²) in [7, 11) is 4.55. The van der Waals surface area contributed by atoms with Crippen LogP contribution in [0.5, 0.6) is 23.0 Å². The molecule has 1 aliphatic rings. The number of H-pyrrole nitrogens is 1. The largest absolute Gasteiger partial charge is 0.493 e. The summed E-state index contributed by atoms with van der Waals surface area (Å²) in [6, 6.07) is 10.7. The summed E-state index contributed by atoms with van der Waals surface area (Å²) in [6.07, 6.45) is 0.0348. The van der Waals surface area contributed by atoms with Gasteiger partial charge in [-0.25, -0.2) is 0 Å². The van der Waals surface area contributed by atoms with Gasteiger partial charge in [-0.3, -0.25) is 9.59 Å². The van der Waals surface area contributed by atoms with Crippen molar-refractivity contribution in [2.24, 2.45) is 0 Å². The standard InChI is InChI=1S/C21H19NO6/c1-25-15-8-11(9-16(26-2)20(15)27-3)13-10-17(23)28-19-12-6-4-5-7-14(12)22-21(24)18(13)19/h4-9,13H,10H2,1-3H3,(H,22,24)/t13-/m1/s1. The van der Waals surface area contributed by atoms with E-state index < -0.39 is 11.9 Å². The molecule has 0 saturated heterocycles. The molecule has 0 aliphatic carbocycles. The number of methoxy groups -OCH3 is 3. The Bertz CT molecular complexity index is 1110. The quantitative estimate of drug-likeness (QED) is 0.699. The maximum absolute atomic E-state index is 12.9. The molecule has 0 unspecified atom stereocenters. The summed E-state index contributed by atoms with van der Waals surface area (Å²) in [4.78, 5) is 28.1. The molecule has 4 rings (SSSR count). The van der Waals surface area contributed by atoms with E-state index in [0.717, 1.165) is 0 Å². The van der Waals surface area contributed by atoms with Gasteiger partial charge in [0.1, 0.15) is 5.75 Å². The minimum atomic E-state index is -0.502.